The van der Waals surface area contributed by atoms with Crippen molar-refractivity contribution >= 4 is 28.0 Å². The van der Waals surface area contributed by atoms with Gasteiger partial charge in [0.1, 0.15) is 17.6 Å². The first kappa shape index (κ1) is 18.7. The van der Waals surface area contributed by atoms with Gasteiger partial charge in [-0.15, -0.1) is 0 Å². The Morgan fingerprint density at radius 1 is 1.39 bits per heavy atom. The molecule has 0 saturated carbocycles. The Balaban J connectivity index is 1.43. The molecule has 1 amide bonds. The van der Waals surface area contributed by atoms with E-state index in [-0.39, 0.29) is 29.6 Å². The number of piperidine rings is 1. The van der Waals surface area contributed by atoms with Gasteiger partial charge in [0.15, 0.2) is 0 Å². The van der Waals surface area contributed by atoms with Crippen molar-refractivity contribution in [3.05, 3.63) is 40.9 Å². The summed E-state index contributed by atoms with van der Waals surface area (Å²) in [6.07, 6.45) is 3.90. The molecule has 4 rings (SSSR count). The van der Waals surface area contributed by atoms with Crippen molar-refractivity contribution in [3.63, 3.8) is 0 Å². The van der Waals surface area contributed by atoms with Crippen molar-refractivity contribution in [2.75, 3.05) is 19.6 Å². The van der Waals surface area contributed by atoms with Gasteiger partial charge in [-0.2, -0.15) is 0 Å². The molecule has 3 heterocycles. The average Bonchev–Trinajstić information content (AvgIpc) is 3.08. The summed E-state index contributed by atoms with van der Waals surface area (Å²) in [5, 5.41) is 3.75. The maximum atomic E-state index is 12.7. The number of benzene rings is 1. The van der Waals surface area contributed by atoms with E-state index < -0.39 is 0 Å². The van der Waals surface area contributed by atoms with Crippen LogP contribution >= 0.6 is 0 Å². The van der Waals surface area contributed by atoms with Gasteiger partial charge in [-0.1, -0.05) is 19.1 Å². The number of hydrogen-bond donors (Lipinski definition) is 1. The van der Waals surface area contributed by atoms with Crippen molar-refractivity contribution in [1.82, 2.24) is 19.8 Å². The van der Waals surface area contributed by atoms with Crippen molar-refractivity contribution in [2.24, 2.45) is 5.92 Å². The third-order valence-electron chi connectivity index (χ3n) is 5.57. The fourth-order valence-electron chi connectivity index (χ4n) is 3.96. The summed E-state index contributed by atoms with van der Waals surface area (Å²) in [6.45, 7) is 7.05. The molecule has 148 valence electrons. The first-order valence-electron chi connectivity index (χ1n) is 9.90. The van der Waals surface area contributed by atoms with Crippen LogP contribution in [0.1, 0.15) is 26.7 Å². The Morgan fingerprint density at radius 2 is 2.21 bits per heavy atom. The van der Waals surface area contributed by atoms with Crippen LogP contribution in [0.3, 0.4) is 0 Å². The third-order valence-corrected chi connectivity index (χ3v) is 5.57. The monoisotopic (exact) mass is 382 g/mol. The standard InChI is InChI=1S/C21H26N4O3/c1-14-6-5-9-24(11-14)15(2)10-22-18(26)12-25-13-23-19-16-7-3-4-8-17(16)28-20(19)21(25)27/h3-4,7-8,13-15H,5-6,9-12H2,1-2H3,(H,22,26). The van der Waals surface area contributed by atoms with E-state index in [1.165, 1.54) is 23.7 Å². The van der Waals surface area contributed by atoms with E-state index in [4.69, 9.17) is 4.42 Å². The van der Waals surface area contributed by atoms with E-state index >= 15 is 0 Å². The van der Waals surface area contributed by atoms with E-state index in [1.807, 2.05) is 18.2 Å². The highest BCUT2D eigenvalue weighted by Crippen LogP contribution is 2.24. The van der Waals surface area contributed by atoms with Crippen LogP contribution in [0.4, 0.5) is 0 Å². The number of nitrogens with one attached hydrogen (secondary N) is 1. The normalized spacial score (nSPS) is 19.1. The summed E-state index contributed by atoms with van der Waals surface area (Å²) in [7, 11) is 0. The van der Waals surface area contributed by atoms with Gasteiger partial charge >= 0.3 is 0 Å². The smallest absolute Gasteiger partial charge is 0.297 e. The molecule has 2 atom stereocenters. The number of likely N-dealkylation sites (tertiary alicyclic amines) is 1. The lowest BCUT2D eigenvalue weighted by molar-refractivity contribution is -0.122. The molecular formula is C21H26N4O3. The van der Waals surface area contributed by atoms with Crippen molar-refractivity contribution in [1.29, 1.82) is 0 Å². The molecule has 1 aromatic carbocycles. The summed E-state index contributed by atoms with van der Waals surface area (Å²) in [4.78, 5) is 31.8. The lowest BCUT2D eigenvalue weighted by Gasteiger charge is -2.35. The maximum Gasteiger partial charge on any atom is 0.297 e. The number of carbonyl (C=O) groups excluding carboxylic acids is 1. The summed E-state index contributed by atoms with van der Waals surface area (Å²) < 4.78 is 6.96. The van der Waals surface area contributed by atoms with Gasteiger partial charge < -0.3 is 9.73 Å². The second kappa shape index (κ2) is 7.75. The molecule has 1 N–H and O–H groups in total. The fraction of sp³-hybridized carbons (Fsp3) is 0.476. The predicted molar refractivity (Wildman–Crippen MR) is 108 cm³/mol. The van der Waals surface area contributed by atoms with Crippen LogP contribution in [0, 0.1) is 5.92 Å². The Labute approximate surface area is 163 Å². The predicted octanol–water partition coefficient (Wildman–Crippen LogP) is 2.38. The highest BCUT2D eigenvalue weighted by molar-refractivity contribution is 6.01. The van der Waals surface area contributed by atoms with E-state index in [1.54, 1.807) is 6.07 Å². The molecule has 0 radical (unpaired) electrons. The highest BCUT2D eigenvalue weighted by Gasteiger charge is 2.21. The van der Waals surface area contributed by atoms with Gasteiger partial charge in [-0.05, 0) is 44.4 Å². The summed E-state index contributed by atoms with van der Waals surface area (Å²) in [5.74, 6) is 0.503. The van der Waals surface area contributed by atoms with E-state index in [9.17, 15) is 9.59 Å². The molecule has 2 unspecified atom stereocenters. The number of carbonyl (C=O) groups is 1. The van der Waals surface area contributed by atoms with Gasteiger partial charge in [0.25, 0.3) is 5.56 Å². The van der Waals surface area contributed by atoms with Crippen LogP contribution in [0.5, 0.6) is 0 Å². The SMILES string of the molecule is CC1CCCN(C(C)CNC(=O)Cn2cnc3c(oc4ccccc43)c2=O)C1. The molecule has 2 aromatic heterocycles. The second-order valence-electron chi connectivity index (χ2n) is 7.85. The zero-order valence-corrected chi connectivity index (χ0v) is 16.4. The van der Waals surface area contributed by atoms with Crippen molar-refractivity contribution in [2.45, 2.75) is 39.3 Å². The zero-order chi connectivity index (χ0) is 19.7. The van der Waals surface area contributed by atoms with E-state index in [0.29, 0.717) is 23.6 Å². The highest BCUT2D eigenvalue weighted by atomic mass is 16.3. The van der Waals surface area contributed by atoms with Gasteiger partial charge in [-0.3, -0.25) is 19.1 Å². The number of furan rings is 1. The molecule has 1 fully saturated rings. The fourth-order valence-corrected chi connectivity index (χ4v) is 3.96. The number of amides is 1. The molecule has 7 nitrogen and oxygen atoms in total. The van der Waals surface area contributed by atoms with Crippen LogP contribution in [0.2, 0.25) is 0 Å². The first-order valence-corrected chi connectivity index (χ1v) is 9.90. The quantitative estimate of drug-likeness (QED) is 0.733. The Bertz CT molecular complexity index is 1050. The number of rotatable bonds is 5. The average molecular weight is 382 g/mol. The Morgan fingerprint density at radius 3 is 3.04 bits per heavy atom. The second-order valence-corrected chi connectivity index (χ2v) is 7.85. The van der Waals surface area contributed by atoms with Gasteiger partial charge in [0.05, 0.1) is 6.33 Å². The lowest BCUT2D eigenvalue weighted by Crippen LogP contribution is -2.47. The molecule has 0 aliphatic carbocycles. The number of aromatic nitrogens is 2. The summed E-state index contributed by atoms with van der Waals surface area (Å²) >= 11 is 0. The molecule has 28 heavy (non-hydrogen) atoms. The zero-order valence-electron chi connectivity index (χ0n) is 16.4. The van der Waals surface area contributed by atoms with Gasteiger partial charge in [0.2, 0.25) is 11.5 Å². The van der Waals surface area contributed by atoms with Crippen molar-refractivity contribution < 1.29 is 9.21 Å². The molecule has 0 bridgehead atoms. The molecule has 3 aromatic rings. The van der Waals surface area contributed by atoms with Gasteiger partial charge in [0, 0.05) is 24.5 Å². The number of fused-ring (bicyclic) bond motifs is 3. The van der Waals surface area contributed by atoms with E-state index in [2.05, 4.69) is 29.0 Å². The first-order chi connectivity index (χ1) is 13.5. The molecule has 0 spiro atoms. The minimum absolute atomic E-state index is 0.0675. The van der Waals surface area contributed by atoms with Crippen LogP contribution in [-0.2, 0) is 11.3 Å². The summed E-state index contributed by atoms with van der Waals surface area (Å²) in [5.41, 5.74) is 1.00. The van der Waals surface area contributed by atoms with E-state index in [0.717, 1.165) is 18.5 Å². The maximum absolute atomic E-state index is 12.7. The molecule has 1 aliphatic rings. The molecular weight excluding hydrogens is 356 g/mol. The minimum Gasteiger partial charge on any atom is -0.448 e. The van der Waals surface area contributed by atoms with Crippen LogP contribution in [0.25, 0.3) is 22.1 Å². The lowest BCUT2D eigenvalue weighted by atomic mass is 9.99. The third kappa shape index (κ3) is 3.67. The van der Waals surface area contributed by atoms with Crippen LogP contribution in [0.15, 0.2) is 39.8 Å². The Kier molecular flexibility index (Phi) is 5.17. The van der Waals surface area contributed by atoms with Crippen LogP contribution < -0.4 is 10.9 Å². The largest absolute Gasteiger partial charge is 0.448 e. The summed E-state index contributed by atoms with van der Waals surface area (Å²) in [6, 6.07) is 7.67. The number of nitrogens with zero attached hydrogens (tertiary/aromatic N) is 3. The van der Waals surface area contributed by atoms with Crippen molar-refractivity contribution in [3.8, 4) is 0 Å². The molecule has 7 heteroatoms. The minimum atomic E-state index is -0.339. The van der Waals surface area contributed by atoms with Gasteiger partial charge in [-0.25, -0.2) is 4.98 Å². The van der Waals surface area contributed by atoms with Crippen LogP contribution in [-0.4, -0.2) is 46.0 Å². The number of hydrogen-bond acceptors (Lipinski definition) is 5. The molecule has 1 saturated heterocycles. The molecule has 1 aliphatic heterocycles. The number of para-hydroxylation sites is 1. The Hall–Kier alpha value is -2.67. The topological polar surface area (TPSA) is 80.4 Å².